The number of nitro groups is 1. The van der Waals surface area contributed by atoms with Gasteiger partial charge in [0.15, 0.2) is 5.78 Å². The first kappa shape index (κ1) is 19.0. The molecule has 1 aromatic carbocycles. The van der Waals surface area contributed by atoms with Gasteiger partial charge in [-0.1, -0.05) is 51.1 Å². The van der Waals surface area contributed by atoms with Crippen molar-refractivity contribution in [3.8, 4) is 0 Å². The Balaban J connectivity index is 1.69. The Kier molecular flexibility index (Phi) is 4.72. The van der Waals surface area contributed by atoms with Crippen molar-refractivity contribution in [2.45, 2.75) is 70.9 Å². The van der Waals surface area contributed by atoms with Crippen LogP contribution < -0.4 is 0 Å². The van der Waals surface area contributed by atoms with Crippen molar-refractivity contribution >= 4 is 5.78 Å². The Hall–Kier alpha value is -1.75. The summed E-state index contributed by atoms with van der Waals surface area (Å²) in [6.45, 7) is 6.31. The number of benzene rings is 1. The zero-order chi connectivity index (χ0) is 19.2. The molecular formula is C21H29NO4. The minimum absolute atomic E-state index is 0.0629. The van der Waals surface area contributed by atoms with E-state index in [-0.39, 0.29) is 29.0 Å². The molecule has 0 saturated heterocycles. The summed E-state index contributed by atoms with van der Waals surface area (Å²) in [7, 11) is 0. The fraction of sp³-hybridized carbons (Fsp3) is 0.667. The molecule has 2 fully saturated rings. The number of hydrogen-bond acceptors (Lipinski definition) is 4. The summed E-state index contributed by atoms with van der Waals surface area (Å²) in [5.74, 6) is 0.132. The molecule has 0 aromatic heterocycles. The molecule has 0 aliphatic heterocycles. The Morgan fingerprint density at radius 1 is 1.31 bits per heavy atom. The number of ketones is 1. The van der Waals surface area contributed by atoms with Crippen LogP contribution in [0.4, 0.5) is 0 Å². The summed E-state index contributed by atoms with van der Waals surface area (Å²) < 4.78 is 0. The van der Waals surface area contributed by atoms with Crippen molar-refractivity contribution in [3.05, 3.63) is 46.0 Å². The second-order valence-corrected chi connectivity index (χ2v) is 8.94. The summed E-state index contributed by atoms with van der Waals surface area (Å²) >= 11 is 0. The van der Waals surface area contributed by atoms with Crippen LogP contribution in [0.5, 0.6) is 0 Å². The number of fused-ring (bicyclic) bond motifs is 2. The zero-order valence-electron chi connectivity index (χ0n) is 15.9. The monoisotopic (exact) mass is 359 g/mol. The predicted molar refractivity (Wildman–Crippen MR) is 99.3 cm³/mol. The fourth-order valence-corrected chi connectivity index (χ4v) is 5.37. The molecule has 5 nitrogen and oxygen atoms in total. The molecule has 142 valence electrons. The molecule has 0 radical (unpaired) electrons. The van der Waals surface area contributed by atoms with Crippen molar-refractivity contribution in [1.82, 2.24) is 0 Å². The summed E-state index contributed by atoms with van der Waals surface area (Å²) in [5, 5.41) is 22.7. The molecule has 4 atom stereocenters. The van der Waals surface area contributed by atoms with E-state index in [0.717, 1.165) is 18.4 Å². The van der Waals surface area contributed by atoms with Gasteiger partial charge in [-0.25, -0.2) is 0 Å². The third kappa shape index (κ3) is 2.77. The highest BCUT2D eigenvalue weighted by Crippen LogP contribution is 2.69. The predicted octanol–water partition coefficient (Wildman–Crippen LogP) is 3.80. The maximum Gasteiger partial charge on any atom is 0.217 e. The van der Waals surface area contributed by atoms with Crippen molar-refractivity contribution in [2.75, 3.05) is 0 Å². The van der Waals surface area contributed by atoms with Crippen LogP contribution in [-0.2, 0) is 11.2 Å². The first-order chi connectivity index (χ1) is 12.1. The van der Waals surface area contributed by atoms with Gasteiger partial charge in [-0.3, -0.25) is 14.9 Å². The molecule has 2 aliphatic rings. The summed E-state index contributed by atoms with van der Waals surface area (Å²) in [4.78, 5) is 24.1. The van der Waals surface area contributed by atoms with Gasteiger partial charge >= 0.3 is 0 Å². The Morgan fingerprint density at radius 2 is 1.96 bits per heavy atom. The average Bonchev–Trinajstić information content (AvgIpc) is 2.91. The number of carbonyl (C=O) groups excluding carboxylic acids is 1. The van der Waals surface area contributed by atoms with E-state index in [1.165, 1.54) is 0 Å². The lowest BCUT2D eigenvalue weighted by Crippen LogP contribution is -2.53. The van der Waals surface area contributed by atoms with Gasteiger partial charge in [-0.2, -0.15) is 0 Å². The fourth-order valence-electron chi connectivity index (χ4n) is 5.37. The lowest BCUT2D eigenvalue weighted by Gasteiger charge is -2.44. The molecule has 0 unspecified atom stereocenters. The Labute approximate surface area is 155 Å². The van der Waals surface area contributed by atoms with Crippen molar-refractivity contribution in [2.24, 2.45) is 16.7 Å². The molecular weight excluding hydrogens is 330 g/mol. The molecule has 5 heteroatoms. The van der Waals surface area contributed by atoms with Crippen LogP contribution in [-0.4, -0.2) is 27.5 Å². The largest absolute Gasteiger partial charge is 0.381 e. The van der Waals surface area contributed by atoms with Crippen LogP contribution in [0.25, 0.3) is 0 Å². The van der Waals surface area contributed by atoms with Gasteiger partial charge in [0.2, 0.25) is 6.04 Å². The van der Waals surface area contributed by atoms with Crippen molar-refractivity contribution in [1.29, 1.82) is 0 Å². The van der Waals surface area contributed by atoms with E-state index in [0.29, 0.717) is 18.8 Å². The molecule has 0 heterocycles. The van der Waals surface area contributed by atoms with E-state index in [4.69, 9.17) is 0 Å². The van der Waals surface area contributed by atoms with E-state index in [1.54, 1.807) is 0 Å². The standard InChI is InChI=1S/C21H29NO4/c1-19(2)16-11-12-20(19,3)21(24,14-16)18(23)10-9-17(22(25)26)13-15-7-5-4-6-8-15/h4-8,16-17,24H,9-14H2,1-3H3/t16-,17+,20-,21+/m1/s1. The smallest absolute Gasteiger partial charge is 0.217 e. The number of rotatable bonds is 7. The topological polar surface area (TPSA) is 80.4 Å². The van der Waals surface area contributed by atoms with E-state index >= 15 is 0 Å². The van der Waals surface area contributed by atoms with Crippen LogP contribution in [0.3, 0.4) is 0 Å². The number of Topliss-reactive ketones (excluding diaryl/α,β-unsaturated/α-hetero) is 1. The molecule has 0 spiro atoms. The van der Waals surface area contributed by atoms with Gasteiger partial charge in [0.05, 0.1) is 0 Å². The normalized spacial score (nSPS) is 33.2. The van der Waals surface area contributed by atoms with Gasteiger partial charge in [-0.05, 0) is 36.2 Å². The number of hydrogen-bond donors (Lipinski definition) is 1. The van der Waals surface area contributed by atoms with Crippen molar-refractivity contribution < 1.29 is 14.8 Å². The van der Waals surface area contributed by atoms with Gasteiger partial charge in [-0.15, -0.1) is 0 Å². The molecule has 1 aromatic rings. The van der Waals surface area contributed by atoms with E-state index in [1.807, 2.05) is 37.3 Å². The molecule has 2 aliphatic carbocycles. The second kappa shape index (κ2) is 6.45. The minimum atomic E-state index is -1.34. The van der Waals surface area contributed by atoms with Crippen molar-refractivity contribution in [3.63, 3.8) is 0 Å². The summed E-state index contributed by atoms with van der Waals surface area (Å²) in [6, 6.07) is 8.53. The van der Waals surface area contributed by atoms with Gasteiger partial charge in [0.1, 0.15) is 5.60 Å². The maximum absolute atomic E-state index is 13.0. The summed E-state index contributed by atoms with van der Waals surface area (Å²) in [5.41, 5.74) is -0.962. The van der Waals surface area contributed by atoms with Crippen LogP contribution in [0.1, 0.15) is 58.4 Å². The highest BCUT2D eigenvalue weighted by Gasteiger charge is 2.70. The van der Waals surface area contributed by atoms with E-state index in [9.17, 15) is 20.0 Å². The molecule has 2 saturated carbocycles. The lowest BCUT2D eigenvalue weighted by molar-refractivity contribution is -0.522. The van der Waals surface area contributed by atoms with Crippen LogP contribution >= 0.6 is 0 Å². The SMILES string of the molecule is CC1(C)[C@@H]2CC[C@@]1(C)[C@@](O)(C(=O)CC[C@@H](Cc1ccccc1)[N+](=O)[O-])C2. The average molecular weight is 359 g/mol. The quantitative estimate of drug-likeness (QED) is 0.593. The Bertz CT molecular complexity index is 701. The minimum Gasteiger partial charge on any atom is -0.381 e. The molecule has 0 amide bonds. The number of carbonyl (C=O) groups is 1. The van der Waals surface area contributed by atoms with E-state index < -0.39 is 17.1 Å². The zero-order valence-corrected chi connectivity index (χ0v) is 15.9. The first-order valence-electron chi connectivity index (χ1n) is 9.55. The van der Waals surface area contributed by atoms with Crippen LogP contribution in [0.15, 0.2) is 30.3 Å². The Morgan fingerprint density at radius 3 is 2.46 bits per heavy atom. The van der Waals surface area contributed by atoms with Gasteiger partial charge < -0.3 is 5.11 Å². The lowest BCUT2D eigenvalue weighted by atomic mass is 9.62. The van der Waals surface area contributed by atoms with E-state index in [2.05, 4.69) is 13.8 Å². The highest BCUT2D eigenvalue weighted by molar-refractivity contribution is 5.89. The highest BCUT2D eigenvalue weighted by atomic mass is 16.6. The second-order valence-electron chi connectivity index (χ2n) is 8.94. The first-order valence-corrected chi connectivity index (χ1v) is 9.55. The third-order valence-electron chi connectivity index (χ3n) is 7.67. The third-order valence-corrected chi connectivity index (χ3v) is 7.67. The van der Waals surface area contributed by atoms with Gasteiger partial charge in [0.25, 0.3) is 0 Å². The molecule has 2 bridgehead atoms. The number of aliphatic hydroxyl groups is 1. The molecule has 26 heavy (non-hydrogen) atoms. The molecule has 1 N–H and O–H groups in total. The van der Waals surface area contributed by atoms with Crippen LogP contribution in [0, 0.1) is 26.9 Å². The number of nitrogens with zero attached hydrogens (tertiary/aromatic N) is 1. The maximum atomic E-state index is 13.0. The van der Waals surface area contributed by atoms with Crippen LogP contribution in [0.2, 0.25) is 0 Å². The van der Waals surface area contributed by atoms with Gasteiger partial charge in [0, 0.05) is 29.6 Å². The summed E-state index contributed by atoms with van der Waals surface area (Å²) in [6.07, 6.45) is 2.93. The molecule has 3 rings (SSSR count).